The zero-order valence-electron chi connectivity index (χ0n) is 6.01. The fourth-order valence-electron chi connectivity index (χ4n) is 1.05. The van der Waals surface area contributed by atoms with Crippen molar-refractivity contribution in [3.05, 3.63) is 10.5 Å². The minimum Gasteiger partial charge on any atom is -0.359 e. The van der Waals surface area contributed by atoms with Gasteiger partial charge in [0.25, 0.3) is 0 Å². The van der Waals surface area contributed by atoms with Crippen molar-refractivity contribution >= 4 is 28.1 Å². The molecule has 0 spiro atoms. The number of aromatic nitrogens is 1. The van der Waals surface area contributed by atoms with E-state index < -0.39 is 0 Å². The van der Waals surface area contributed by atoms with Gasteiger partial charge in [-0.2, -0.15) is 0 Å². The van der Waals surface area contributed by atoms with Crippen LogP contribution >= 0.6 is 22.9 Å². The molecule has 60 valence electrons. The van der Waals surface area contributed by atoms with Crippen molar-refractivity contribution in [3.8, 4) is 0 Å². The zero-order chi connectivity index (χ0) is 7.68. The third kappa shape index (κ3) is 1.65. The minimum atomic E-state index is 0.594. The first kappa shape index (κ1) is 7.37. The molecule has 1 heterocycles. The number of thiazole rings is 1. The molecule has 0 aromatic carbocycles. The topological polar surface area (TPSA) is 24.9 Å². The summed E-state index contributed by atoms with van der Waals surface area (Å²) < 4.78 is 0. The lowest BCUT2D eigenvalue weighted by Crippen LogP contribution is -2.26. The van der Waals surface area contributed by atoms with Crippen LogP contribution < -0.4 is 5.32 Å². The second kappa shape index (κ2) is 2.99. The molecular weight excluding hydrogens is 180 g/mol. The standard InChI is InChI=1S/C7H9ClN2S/c8-6-4-11-7(10-6)9-5-2-1-3-5/h4-5H,1-3H2,(H,9,10). The molecule has 1 saturated carbocycles. The van der Waals surface area contributed by atoms with Gasteiger partial charge in [-0.3, -0.25) is 0 Å². The van der Waals surface area contributed by atoms with Crippen LogP contribution in [0.15, 0.2) is 5.38 Å². The maximum Gasteiger partial charge on any atom is 0.184 e. The lowest BCUT2D eigenvalue weighted by Gasteiger charge is -2.25. The number of nitrogens with one attached hydrogen (secondary N) is 1. The molecule has 11 heavy (non-hydrogen) atoms. The van der Waals surface area contributed by atoms with E-state index in [0.29, 0.717) is 11.2 Å². The van der Waals surface area contributed by atoms with Crippen molar-refractivity contribution in [1.82, 2.24) is 4.98 Å². The summed E-state index contributed by atoms with van der Waals surface area (Å²) in [6.45, 7) is 0. The van der Waals surface area contributed by atoms with Gasteiger partial charge >= 0.3 is 0 Å². The van der Waals surface area contributed by atoms with E-state index in [0.717, 1.165) is 5.13 Å². The third-order valence-electron chi connectivity index (χ3n) is 1.91. The predicted octanol–water partition coefficient (Wildman–Crippen LogP) is 2.76. The molecule has 0 saturated heterocycles. The highest BCUT2D eigenvalue weighted by Gasteiger charge is 2.17. The van der Waals surface area contributed by atoms with Crippen molar-refractivity contribution < 1.29 is 0 Å². The molecule has 4 heteroatoms. The van der Waals surface area contributed by atoms with E-state index in [1.807, 2.05) is 5.38 Å². The van der Waals surface area contributed by atoms with E-state index in [4.69, 9.17) is 11.6 Å². The molecule has 1 fully saturated rings. The van der Waals surface area contributed by atoms with Crippen LogP contribution in [0, 0.1) is 0 Å². The molecule has 2 nitrogen and oxygen atoms in total. The summed E-state index contributed by atoms with van der Waals surface area (Å²) in [5.41, 5.74) is 0. The van der Waals surface area contributed by atoms with Gasteiger partial charge in [0.15, 0.2) is 5.13 Å². The van der Waals surface area contributed by atoms with Crippen molar-refractivity contribution in [1.29, 1.82) is 0 Å². The molecule has 1 N–H and O–H groups in total. The van der Waals surface area contributed by atoms with Crippen LogP contribution in [0.1, 0.15) is 19.3 Å². The summed E-state index contributed by atoms with van der Waals surface area (Å²) in [5.74, 6) is 0. The van der Waals surface area contributed by atoms with Gasteiger partial charge in [-0.15, -0.1) is 11.3 Å². The van der Waals surface area contributed by atoms with Gasteiger partial charge in [-0.05, 0) is 19.3 Å². The summed E-state index contributed by atoms with van der Waals surface area (Å²) in [6, 6.07) is 0.650. The maximum absolute atomic E-state index is 5.66. The molecule has 0 atom stereocenters. The highest BCUT2D eigenvalue weighted by atomic mass is 35.5. The fraction of sp³-hybridized carbons (Fsp3) is 0.571. The summed E-state index contributed by atoms with van der Waals surface area (Å²) in [4.78, 5) is 4.11. The van der Waals surface area contributed by atoms with Gasteiger partial charge in [0.05, 0.1) is 0 Å². The van der Waals surface area contributed by atoms with E-state index in [2.05, 4.69) is 10.3 Å². The Morgan fingerprint density at radius 2 is 2.45 bits per heavy atom. The Labute approximate surface area is 74.6 Å². The third-order valence-corrected chi connectivity index (χ3v) is 3.01. The maximum atomic E-state index is 5.66. The van der Waals surface area contributed by atoms with Crippen molar-refractivity contribution in [3.63, 3.8) is 0 Å². The van der Waals surface area contributed by atoms with Gasteiger partial charge in [0, 0.05) is 11.4 Å². The Morgan fingerprint density at radius 1 is 1.64 bits per heavy atom. The van der Waals surface area contributed by atoms with Crippen LogP contribution in [0.3, 0.4) is 0 Å². The number of anilines is 1. The van der Waals surface area contributed by atoms with Crippen molar-refractivity contribution in [2.45, 2.75) is 25.3 Å². The molecule has 0 amide bonds. The second-order valence-corrected chi connectivity index (χ2v) is 3.99. The first-order chi connectivity index (χ1) is 5.34. The summed E-state index contributed by atoms with van der Waals surface area (Å²) >= 11 is 7.24. The van der Waals surface area contributed by atoms with Crippen LogP contribution in [0.2, 0.25) is 5.15 Å². The number of hydrogen-bond acceptors (Lipinski definition) is 3. The molecule has 0 unspecified atom stereocenters. The molecule has 1 aliphatic carbocycles. The number of nitrogens with zero attached hydrogens (tertiary/aromatic N) is 1. The molecule has 2 rings (SSSR count). The molecule has 0 radical (unpaired) electrons. The molecule has 1 aromatic rings. The Kier molecular flexibility index (Phi) is 2.00. The van der Waals surface area contributed by atoms with Crippen LogP contribution in [0.5, 0.6) is 0 Å². The van der Waals surface area contributed by atoms with E-state index in [-0.39, 0.29) is 0 Å². The Balaban J connectivity index is 1.95. The predicted molar refractivity (Wildman–Crippen MR) is 48.4 cm³/mol. The summed E-state index contributed by atoms with van der Waals surface area (Å²) in [5, 5.41) is 6.72. The highest BCUT2D eigenvalue weighted by Crippen LogP contribution is 2.26. The monoisotopic (exact) mass is 188 g/mol. The van der Waals surface area contributed by atoms with E-state index in [1.54, 1.807) is 11.3 Å². The normalized spacial score (nSPS) is 17.9. The smallest absolute Gasteiger partial charge is 0.184 e. The Morgan fingerprint density at radius 3 is 2.91 bits per heavy atom. The van der Waals surface area contributed by atoms with Crippen molar-refractivity contribution in [2.24, 2.45) is 0 Å². The van der Waals surface area contributed by atoms with Gasteiger partial charge in [0.2, 0.25) is 0 Å². The quantitative estimate of drug-likeness (QED) is 0.772. The van der Waals surface area contributed by atoms with Gasteiger partial charge in [-0.25, -0.2) is 4.98 Å². The second-order valence-electron chi connectivity index (χ2n) is 2.75. The van der Waals surface area contributed by atoms with E-state index >= 15 is 0 Å². The average Bonchev–Trinajstić information content (AvgIpc) is 2.27. The average molecular weight is 189 g/mol. The highest BCUT2D eigenvalue weighted by molar-refractivity contribution is 7.14. The Bertz CT molecular complexity index is 244. The number of halogens is 1. The van der Waals surface area contributed by atoms with Crippen LogP contribution in [0.25, 0.3) is 0 Å². The lowest BCUT2D eigenvalue weighted by atomic mass is 9.93. The first-order valence-corrected chi connectivity index (χ1v) is 4.98. The van der Waals surface area contributed by atoms with Crippen LogP contribution in [0.4, 0.5) is 5.13 Å². The molecule has 1 aromatic heterocycles. The van der Waals surface area contributed by atoms with E-state index in [9.17, 15) is 0 Å². The SMILES string of the molecule is Clc1csc(NC2CCC2)n1. The molecule has 0 aliphatic heterocycles. The lowest BCUT2D eigenvalue weighted by molar-refractivity contribution is 0.445. The van der Waals surface area contributed by atoms with Gasteiger partial charge in [0.1, 0.15) is 5.15 Å². The zero-order valence-corrected chi connectivity index (χ0v) is 7.58. The molecule has 1 aliphatic rings. The van der Waals surface area contributed by atoms with Crippen LogP contribution in [-0.2, 0) is 0 Å². The van der Waals surface area contributed by atoms with Gasteiger partial charge in [-0.1, -0.05) is 11.6 Å². The first-order valence-electron chi connectivity index (χ1n) is 3.72. The molecule has 0 bridgehead atoms. The van der Waals surface area contributed by atoms with Gasteiger partial charge < -0.3 is 5.32 Å². The largest absolute Gasteiger partial charge is 0.359 e. The summed E-state index contributed by atoms with van der Waals surface area (Å²) in [6.07, 6.45) is 3.89. The van der Waals surface area contributed by atoms with Crippen molar-refractivity contribution in [2.75, 3.05) is 5.32 Å². The minimum absolute atomic E-state index is 0.594. The number of rotatable bonds is 2. The Hall–Kier alpha value is -0.280. The summed E-state index contributed by atoms with van der Waals surface area (Å²) in [7, 11) is 0. The number of hydrogen-bond donors (Lipinski definition) is 1. The van der Waals surface area contributed by atoms with E-state index in [1.165, 1.54) is 19.3 Å². The molecular formula is C7H9ClN2S. The van der Waals surface area contributed by atoms with Crippen LogP contribution in [-0.4, -0.2) is 11.0 Å². The fourth-order valence-corrected chi connectivity index (χ4v) is 1.96.